The second-order valence-corrected chi connectivity index (χ2v) is 7.07. The number of hydrogen-bond acceptors (Lipinski definition) is 5. The highest BCUT2D eigenvalue weighted by atomic mass is 16.5. The first kappa shape index (κ1) is 16.5. The third kappa shape index (κ3) is 3.40. The number of hydrogen-bond donors (Lipinski definition) is 1. The molecular formula is C18H24N4O3. The summed E-state index contributed by atoms with van der Waals surface area (Å²) < 4.78 is 7.26. The van der Waals surface area contributed by atoms with Crippen LogP contribution in [0.5, 0.6) is 0 Å². The van der Waals surface area contributed by atoms with Crippen LogP contribution >= 0.6 is 0 Å². The fourth-order valence-electron chi connectivity index (χ4n) is 3.82. The van der Waals surface area contributed by atoms with Crippen molar-refractivity contribution in [3.8, 4) is 0 Å². The lowest BCUT2D eigenvalue weighted by atomic mass is 10.0. The highest BCUT2D eigenvalue weighted by Gasteiger charge is 2.37. The molecule has 25 heavy (non-hydrogen) atoms. The van der Waals surface area contributed by atoms with Crippen LogP contribution in [0.1, 0.15) is 23.3 Å². The van der Waals surface area contributed by atoms with Crippen LogP contribution in [0.25, 0.3) is 5.52 Å². The lowest BCUT2D eigenvalue weighted by Gasteiger charge is -2.34. The summed E-state index contributed by atoms with van der Waals surface area (Å²) >= 11 is 0. The van der Waals surface area contributed by atoms with Gasteiger partial charge in [-0.15, -0.1) is 0 Å². The normalized spacial score (nSPS) is 25.4. The van der Waals surface area contributed by atoms with E-state index in [0.717, 1.165) is 18.6 Å². The standard InChI is InChI=1S/C18H24N4O3/c23-17(16-5-3-4-15-6-7-19-22(15)16)21-10-11-25-14-18(24,13-21)12-20-8-1-2-9-20/h3-7,24H,1-2,8-14H2/t18-/m0/s1. The molecule has 0 unspecified atom stereocenters. The average molecular weight is 344 g/mol. The average Bonchev–Trinajstić information content (AvgIpc) is 3.24. The van der Waals surface area contributed by atoms with Gasteiger partial charge in [0.15, 0.2) is 0 Å². The molecule has 134 valence electrons. The first-order chi connectivity index (χ1) is 12.1. The van der Waals surface area contributed by atoms with Gasteiger partial charge in [-0.1, -0.05) is 6.07 Å². The van der Waals surface area contributed by atoms with Crippen molar-refractivity contribution in [2.75, 3.05) is 45.9 Å². The number of pyridine rings is 1. The number of carbonyl (C=O) groups excluding carboxylic acids is 1. The van der Waals surface area contributed by atoms with Gasteiger partial charge in [0.2, 0.25) is 0 Å². The summed E-state index contributed by atoms with van der Waals surface area (Å²) in [5.74, 6) is -0.125. The molecule has 2 fully saturated rings. The summed E-state index contributed by atoms with van der Waals surface area (Å²) in [6.45, 7) is 4.00. The van der Waals surface area contributed by atoms with Gasteiger partial charge in [-0.25, -0.2) is 4.52 Å². The summed E-state index contributed by atoms with van der Waals surface area (Å²) in [4.78, 5) is 17.0. The van der Waals surface area contributed by atoms with E-state index in [1.54, 1.807) is 21.7 Å². The van der Waals surface area contributed by atoms with E-state index in [9.17, 15) is 9.90 Å². The number of ether oxygens (including phenoxy) is 1. The second kappa shape index (κ2) is 6.74. The van der Waals surface area contributed by atoms with Gasteiger partial charge in [0, 0.05) is 13.1 Å². The molecule has 0 saturated carbocycles. The van der Waals surface area contributed by atoms with Crippen LogP contribution in [0.15, 0.2) is 30.5 Å². The van der Waals surface area contributed by atoms with Gasteiger partial charge in [-0.05, 0) is 44.1 Å². The Labute approximate surface area is 146 Å². The third-order valence-electron chi connectivity index (χ3n) is 5.01. The Bertz CT molecular complexity index is 756. The summed E-state index contributed by atoms with van der Waals surface area (Å²) in [5, 5.41) is 15.3. The van der Waals surface area contributed by atoms with E-state index in [1.165, 1.54) is 12.8 Å². The third-order valence-corrected chi connectivity index (χ3v) is 5.01. The van der Waals surface area contributed by atoms with Gasteiger partial charge in [-0.2, -0.15) is 5.10 Å². The molecular weight excluding hydrogens is 320 g/mol. The van der Waals surface area contributed by atoms with E-state index in [4.69, 9.17) is 4.74 Å². The summed E-state index contributed by atoms with van der Waals surface area (Å²) in [7, 11) is 0. The predicted molar refractivity (Wildman–Crippen MR) is 92.5 cm³/mol. The maximum atomic E-state index is 13.1. The van der Waals surface area contributed by atoms with Crippen molar-refractivity contribution < 1.29 is 14.6 Å². The molecule has 2 aliphatic heterocycles. The Kier molecular flexibility index (Phi) is 4.45. The van der Waals surface area contributed by atoms with Gasteiger partial charge >= 0.3 is 0 Å². The summed E-state index contributed by atoms with van der Waals surface area (Å²) in [6, 6.07) is 7.41. The Hall–Kier alpha value is -1.96. The number of fused-ring (bicyclic) bond motifs is 1. The quantitative estimate of drug-likeness (QED) is 0.885. The minimum Gasteiger partial charge on any atom is -0.384 e. The van der Waals surface area contributed by atoms with Crippen molar-refractivity contribution in [1.82, 2.24) is 19.4 Å². The first-order valence-corrected chi connectivity index (χ1v) is 8.89. The largest absolute Gasteiger partial charge is 0.384 e. The van der Waals surface area contributed by atoms with E-state index in [-0.39, 0.29) is 19.1 Å². The number of aliphatic hydroxyl groups is 1. The number of likely N-dealkylation sites (tertiary alicyclic amines) is 1. The molecule has 1 amide bonds. The van der Waals surface area contributed by atoms with Crippen LogP contribution in [0.2, 0.25) is 0 Å². The fourth-order valence-corrected chi connectivity index (χ4v) is 3.82. The molecule has 1 N–H and O–H groups in total. The zero-order valence-corrected chi connectivity index (χ0v) is 14.3. The molecule has 2 aliphatic rings. The van der Waals surface area contributed by atoms with Gasteiger partial charge in [0.25, 0.3) is 5.91 Å². The van der Waals surface area contributed by atoms with Crippen molar-refractivity contribution in [3.63, 3.8) is 0 Å². The van der Waals surface area contributed by atoms with Crippen LogP contribution in [0.3, 0.4) is 0 Å². The molecule has 2 aromatic heterocycles. The maximum absolute atomic E-state index is 13.1. The van der Waals surface area contributed by atoms with Crippen LogP contribution in [0, 0.1) is 0 Å². The minimum absolute atomic E-state index is 0.125. The second-order valence-electron chi connectivity index (χ2n) is 7.07. The highest BCUT2D eigenvalue weighted by molar-refractivity contribution is 5.93. The molecule has 0 radical (unpaired) electrons. The Morgan fingerprint density at radius 2 is 2.08 bits per heavy atom. The lowest BCUT2D eigenvalue weighted by Crippen LogP contribution is -2.53. The predicted octanol–water partition coefficient (Wildman–Crippen LogP) is 0.634. The molecule has 4 rings (SSSR count). The van der Waals surface area contributed by atoms with Crippen LogP contribution in [0.4, 0.5) is 0 Å². The van der Waals surface area contributed by atoms with Gasteiger partial charge in [0.1, 0.15) is 11.3 Å². The number of β-amino-alcohol motifs (C(OH)–C–C–N with tert-alkyl or cyclic N) is 1. The van der Waals surface area contributed by atoms with E-state index < -0.39 is 5.60 Å². The molecule has 2 aromatic rings. The van der Waals surface area contributed by atoms with Crippen molar-refractivity contribution in [2.45, 2.75) is 18.4 Å². The SMILES string of the molecule is O=C(c1cccc2ccnn12)N1CCOC[C@](O)(CN2CCCC2)C1. The number of nitrogens with zero attached hydrogens (tertiary/aromatic N) is 4. The fraction of sp³-hybridized carbons (Fsp3) is 0.556. The van der Waals surface area contributed by atoms with Gasteiger partial charge in [-0.3, -0.25) is 4.79 Å². The first-order valence-electron chi connectivity index (χ1n) is 8.89. The number of amides is 1. The zero-order chi connectivity index (χ0) is 17.3. The van der Waals surface area contributed by atoms with E-state index in [1.807, 2.05) is 18.2 Å². The number of carbonyl (C=O) groups is 1. The molecule has 0 aliphatic carbocycles. The van der Waals surface area contributed by atoms with Crippen molar-refractivity contribution in [1.29, 1.82) is 0 Å². The molecule has 0 bridgehead atoms. The van der Waals surface area contributed by atoms with Crippen LogP contribution in [-0.2, 0) is 4.74 Å². The van der Waals surface area contributed by atoms with E-state index >= 15 is 0 Å². The molecule has 7 heteroatoms. The van der Waals surface area contributed by atoms with Gasteiger partial charge < -0.3 is 19.6 Å². The van der Waals surface area contributed by atoms with Crippen molar-refractivity contribution >= 4 is 11.4 Å². The molecule has 0 aromatic carbocycles. The van der Waals surface area contributed by atoms with Crippen molar-refractivity contribution in [3.05, 3.63) is 36.2 Å². The number of rotatable bonds is 3. The zero-order valence-electron chi connectivity index (χ0n) is 14.3. The Balaban J connectivity index is 1.55. The Morgan fingerprint density at radius 1 is 1.24 bits per heavy atom. The minimum atomic E-state index is -1.03. The van der Waals surface area contributed by atoms with E-state index in [2.05, 4.69) is 10.00 Å². The topological polar surface area (TPSA) is 70.3 Å². The smallest absolute Gasteiger partial charge is 0.272 e. The van der Waals surface area contributed by atoms with E-state index in [0.29, 0.717) is 25.4 Å². The molecule has 0 spiro atoms. The molecule has 4 heterocycles. The van der Waals surface area contributed by atoms with Gasteiger partial charge in [0.05, 0.1) is 31.5 Å². The monoisotopic (exact) mass is 344 g/mol. The number of aromatic nitrogens is 2. The summed E-state index contributed by atoms with van der Waals surface area (Å²) in [6.07, 6.45) is 4.02. The lowest BCUT2D eigenvalue weighted by molar-refractivity contribution is -0.0524. The summed E-state index contributed by atoms with van der Waals surface area (Å²) in [5.41, 5.74) is 0.353. The Morgan fingerprint density at radius 3 is 2.92 bits per heavy atom. The highest BCUT2D eigenvalue weighted by Crippen LogP contribution is 2.19. The molecule has 2 saturated heterocycles. The molecule has 7 nitrogen and oxygen atoms in total. The van der Waals surface area contributed by atoms with Crippen molar-refractivity contribution in [2.24, 2.45) is 0 Å². The van der Waals surface area contributed by atoms with Crippen LogP contribution < -0.4 is 0 Å². The van der Waals surface area contributed by atoms with Crippen LogP contribution in [-0.4, -0.2) is 82.0 Å². The maximum Gasteiger partial charge on any atom is 0.272 e. The molecule has 1 atom stereocenters.